The Kier molecular flexibility index (Phi) is 4.53. The number of likely N-dealkylation sites (tertiary alicyclic amines) is 1. The molecule has 0 aliphatic carbocycles. The summed E-state index contributed by atoms with van der Waals surface area (Å²) in [5.41, 5.74) is 2.39. The number of hydrogen-bond acceptors (Lipinski definition) is 4. The Balaban J connectivity index is 1.73. The van der Waals surface area contributed by atoms with Gasteiger partial charge in [0.25, 0.3) is 0 Å². The van der Waals surface area contributed by atoms with Crippen LogP contribution in [0, 0.1) is 0 Å². The second-order valence-electron chi connectivity index (χ2n) is 7.33. The fourth-order valence-corrected chi connectivity index (χ4v) is 5.83. The maximum Gasteiger partial charge on any atom is 0.206 e. The molecule has 0 aromatic heterocycles. The molecule has 1 saturated heterocycles. The van der Waals surface area contributed by atoms with Crippen molar-refractivity contribution in [3.63, 3.8) is 0 Å². The van der Waals surface area contributed by atoms with Gasteiger partial charge in [-0.15, -0.1) is 0 Å². The summed E-state index contributed by atoms with van der Waals surface area (Å²) in [6.07, 6.45) is 2.22. The Bertz CT molecular complexity index is 895. The van der Waals surface area contributed by atoms with Gasteiger partial charge < -0.3 is 9.80 Å². The fourth-order valence-electron chi connectivity index (χ4n) is 4.52. The topological polar surface area (TPSA) is 40.6 Å². The number of nitrogens with zero attached hydrogens (tertiary/aromatic N) is 2. The third kappa shape index (κ3) is 2.83. The number of anilines is 1. The standard InChI is InChI=1S/C21H26N2O2S/c1-3-23-13-11-18-19-15-17(26(24,25)16-7-5-4-6-8-16)9-10-20(19)22(2)21(18)12-14-23/h4-10,15,18,21H,3,11-14H2,1-2H3/t18-,21?/m0/s1. The second-order valence-corrected chi connectivity index (χ2v) is 9.28. The largest absolute Gasteiger partial charge is 0.371 e. The van der Waals surface area contributed by atoms with Gasteiger partial charge in [0.05, 0.1) is 9.79 Å². The quantitative estimate of drug-likeness (QED) is 0.829. The summed E-state index contributed by atoms with van der Waals surface area (Å²) in [4.78, 5) is 5.63. The van der Waals surface area contributed by atoms with Crippen molar-refractivity contribution in [2.45, 2.75) is 41.5 Å². The van der Waals surface area contributed by atoms with Gasteiger partial charge in [-0.25, -0.2) is 8.42 Å². The van der Waals surface area contributed by atoms with Gasteiger partial charge in [-0.3, -0.25) is 0 Å². The average molecular weight is 371 g/mol. The predicted octanol–water partition coefficient (Wildman–Crippen LogP) is 3.54. The van der Waals surface area contributed by atoms with Gasteiger partial charge >= 0.3 is 0 Å². The molecule has 0 radical (unpaired) electrons. The summed E-state index contributed by atoms with van der Waals surface area (Å²) < 4.78 is 26.0. The molecule has 2 aliphatic heterocycles. The molecule has 2 aliphatic rings. The van der Waals surface area contributed by atoms with Crippen LogP contribution in [0.15, 0.2) is 58.3 Å². The van der Waals surface area contributed by atoms with Gasteiger partial charge in [-0.1, -0.05) is 25.1 Å². The third-order valence-electron chi connectivity index (χ3n) is 6.05. The van der Waals surface area contributed by atoms with Gasteiger partial charge in [-0.2, -0.15) is 0 Å². The summed E-state index contributed by atoms with van der Waals surface area (Å²) >= 11 is 0. The fraction of sp³-hybridized carbons (Fsp3) is 0.429. The molecule has 2 aromatic carbocycles. The molecule has 138 valence electrons. The van der Waals surface area contributed by atoms with Gasteiger partial charge in [-0.05, 0) is 61.8 Å². The molecule has 5 heteroatoms. The molecule has 4 nitrogen and oxygen atoms in total. The van der Waals surface area contributed by atoms with Crippen molar-refractivity contribution >= 4 is 15.5 Å². The number of rotatable bonds is 3. The molecule has 1 fully saturated rings. The van der Waals surface area contributed by atoms with E-state index >= 15 is 0 Å². The van der Waals surface area contributed by atoms with Crippen LogP contribution >= 0.6 is 0 Å². The van der Waals surface area contributed by atoms with Crippen LogP contribution < -0.4 is 4.90 Å². The Morgan fingerprint density at radius 3 is 2.46 bits per heavy atom. The Labute approximate surface area is 156 Å². The number of fused-ring (bicyclic) bond motifs is 3. The van der Waals surface area contributed by atoms with E-state index in [2.05, 4.69) is 23.8 Å². The van der Waals surface area contributed by atoms with Gasteiger partial charge in [0.2, 0.25) is 9.84 Å². The van der Waals surface area contributed by atoms with Gasteiger partial charge in [0.1, 0.15) is 0 Å². The van der Waals surface area contributed by atoms with E-state index in [1.807, 2.05) is 18.2 Å². The maximum atomic E-state index is 13.0. The Morgan fingerprint density at radius 2 is 1.73 bits per heavy atom. The van der Waals surface area contributed by atoms with E-state index in [-0.39, 0.29) is 0 Å². The van der Waals surface area contributed by atoms with Crippen molar-refractivity contribution in [3.05, 3.63) is 54.1 Å². The van der Waals surface area contributed by atoms with E-state index in [4.69, 9.17) is 0 Å². The molecule has 26 heavy (non-hydrogen) atoms. The first kappa shape index (κ1) is 17.6. The summed E-state index contributed by atoms with van der Waals surface area (Å²) in [6.45, 7) is 5.49. The van der Waals surface area contributed by atoms with Crippen LogP contribution in [0.2, 0.25) is 0 Å². The molecule has 0 saturated carbocycles. The maximum absolute atomic E-state index is 13.0. The zero-order valence-electron chi connectivity index (χ0n) is 15.4. The number of sulfone groups is 1. The number of likely N-dealkylation sites (N-methyl/N-ethyl adjacent to an activating group) is 1. The normalized spacial score (nSPS) is 23.4. The Hall–Kier alpha value is -1.85. The van der Waals surface area contributed by atoms with Crippen LogP contribution in [0.25, 0.3) is 0 Å². The smallest absolute Gasteiger partial charge is 0.206 e. The van der Waals surface area contributed by atoms with Crippen LogP contribution in [0.1, 0.15) is 31.2 Å². The molecular weight excluding hydrogens is 344 g/mol. The van der Waals surface area contributed by atoms with Gasteiger partial charge in [0.15, 0.2) is 0 Å². The minimum Gasteiger partial charge on any atom is -0.371 e. The second kappa shape index (κ2) is 6.71. The first-order valence-electron chi connectivity index (χ1n) is 9.41. The highest BCUT2D eigenvalue weighted by atomic mass is 32.2. The molecular formula is C21H26N2O2S. The molecule has 2 aromatic rings. The SMILES string of the molecule is CCN1CCC2[C@@H](CC1)c1cc(S(=O)(=O)c3ccccc3)ccc1N2C. The minimum absolute atomic E-state index is 0.362. The van der Waals surface area contributed by atoms with Crippen molar-refractivity contribution in [1.82, 2.24) is 4.90 Å². The first-order chi connectivity index (χ1) is 12.5. The van der Waals surface area contributed by atoms with Crippen LogP contribution in [-0.2, 0) is 9.84 Å². The minimum atomic E-state index is -3.47. The van der Waals surface area contributed by atoms with Crippen molar-refractivity contribution in [3.8, 4) is 0 Å². The van der Waals surface area contributed by atoms with Crippen molar-refractivity contribution in [2.75, 3.05) is 31.6 Å². The van der Waals surface area contributed by atoms with E-state index in [1.165, 1.54) is 11.3 Å². The molecule has 0 spiro atoms. The van der Waals surface area contributed by atoms with Crippen molar-refractivity contribution in [1.29, 1.82) is 0 Å². The van der Waals surface area contributed by atoms with Crippen LogP contribution in [-0.4, -0.2) is 46.0 Å². The van der Waals surface area contributed by atoms with Gasteiger partial charge in [0, 0.05) is 31.2 Å². The molecule has 0 amide bonds. The zero-order chi connectivity index (χ0) is 18.3. The lowest BCUT2D eigenvalue weighted by atomic mass is 9.91. The number of hydrogen-bond donors (Lipinski definition) is 0. The molecule has 1 unspecified atom stereocenters. The lowest BCUT2D eigenvalue weighted by molar-refractivity contribution is 0.298. The number of benzene rings is 2. The van der Waals surface area contributed by atoms with E-state index in [9.17, 15) is 8.42 Å². The Morgan fingerprint density at radius 1 is 1.00 bits per heavy atom. The summed E-state index contributed by atoms with van der Waals surface area (Å²) in [5, 5.41) is 0. The first-order valence-corrected chi connectivity index (χ1v) is 10.9. The average Bonchev–Trinajstić information content (AvgIpc) is 2.82. The van der Waals surface area contributed by atoms with Crippen LogP contribution in [0.4, 0.5) is 5.69 Å². The van der Waals surface area contributed by atoms with E-state index < -0.39 is 9.84 Å². The van der Waals surface area contributed by atoms with Crippen molar-refractivity contribution < 1.29 is 8.42 Å². The highest BCUT2D eigenvalue weighted by Crippen LogP contribution is 2.45. The lowest BCUT2D eigenvalue weighted by Crippen LogP contribution is -2.31. The summed E-state index contributed by atoms with van der Waals surface area (Å²) in [6, 6.07) is 14.9. The van der Waals surface area contributed by atoms with E-state index in [0.717, 1.165) is 32.5 Å². The van der Waals surface area contributed by atoms with Crippen molar-refractivity contribution in [2.24, 2.45) is 0 Å². The molecule has 2 atom stereocenters. The molecule has 4 rings (SSSR count). The highest BCUT2D eigenvalue weighted by Gasteiger charge is 2.38. The van der Waals surface area contributed by atoms with E-state index in [0.29, 0.717) is 21.8 Å². The van der Waals surface area contributed by atoms with Crippen LogP contribution in [0.3, 0.4) is 0 Å². The summed E-state index contributed by atoms with van der Waals surface area (Å²) in [7, 11) is -1.32. The third-order valence-corrected chi connectivity index (χ3v) is 7.82. The molecule has 2 heterocycles. The highest BCUT2D eigenvalue weighted by molar-refractivity contribution is 7.91. The molecule has 0 N–H and O–H groups in total. The lowest BCUT2D eigenvalue weighted by Gasteiger charge is -2.25. The predicted molar refractivity (Wildman–Crippen MR) is 105 cm³/mol. The zero-order valence-corrected chi connectivity index (χ0v) is 16.2. The molecule has 0 bridgehead atoms. The van der Waals surface area contributed by atoms with Crippen LogP contribution in [0.5, 0.6) is 0 Å². The monoisotopic (exact) mass is 370 g/mol. The summed E-state index contributed by atoms with van der Waals surface area (Å²) in [5.74, 6) is 0.414. The van der Waals surface area contributed by atoms with E-state index in [1.54, 1.807) is 30.3 Å².